The summed E-state index contributed by atoms with van der Waals surface area (Å²) in [5, 5.41) is -0.110. The number of hydrogen-bond acceptors (Lipinski definition) is 0. The van der Waals surface area contributed by atoms with Gasteiger partial charge in [0.15, 0.2) is 0 Å². The zero-order valence-electron chi connectivity index (χ0n) is 11.2. The van der Waals surface area contributed by atoms with E-state index < -0.39 is 0 Å². The van der Waals surface area contributed by atoms with Crippen LogP contribution in [0.1, 0.15) is 48.3 Å². The van der Waals surface area contributed by atoms with E-state index in [0.717, 1.165) is 22.0 Å². The molecule has 0 heterocycles. The lowest BCUT2D eigenvalue weighted by Gasteiger charge is -2.14. The summed E-state index contributed by atoms with van der Waals surface area (Å²) < 4.78 is 1.06. The molecule has 0 saturated heterocycles. The molecule has 2 rings (SSSR count). The average Bonchev–Trinajstić information content (AvgIpc) is 2.46. The van der Waals surface area contributed by atoms with Crippen molar-refractivity contribution in [3.05, 3.63) is 69.7 Å². The highest BCUT2D eigenvalue weighted by Crippen LogP contribution is 2.34. The predicted octanol–water partition coefficient (Wildman–Crippen LogP) is 6.29. The highest BCUT2D eigenvalue weighted by molar-refractivity contribution is 9.10. The first-order chi connectivity index (χ1) is 9.13. The summed E-state index contributed by atoms with van der Waals surface area (Å²) in [5.74, 6) is 0.603. The van der Waals surface area contributed by atoms with Gasteiger partial charge in [-0.05, 0) is 35.1 Å². The summed E-state index contributed by atoms with van der Waals surface area (Å²) in [4.78, 5) is 0. The molecule has 2 aromatic rings. The molecule has 0 radical (unpaired) electrons. The number of alkyl halides is 1. The third kappa shape index (κ3) is 3.40. The van der Waals surface area contributed by atoms with E-state index in [9.17, 15) is 0 Å². The van der Waals surface area contributed by atoms with Crippen LogP contribution < -0.4 is 0 Å². The molecule has 0 aromatic heterocycles. The van der Waals surface area contributed by atoms with Gasteiger partial charge in [0, 0.05) is 4.47 Å². The highest BCUT2D eigenvalue weighted by atomic mass is 79.9. The van der Waals surface area contributed by atoms with Crippen molar-refractivity contribution in [1.29, 1.82) is 0 Å². The third-order valence-corrected chi connectivity index (χ3v) is 4.80. The minimum Gasteiger partial charge on any atom is -0.113 e. The van der Waals surface area contributed by atoms with E-state index in [1.807, 2.05) is 18.2 Å². The summed E-state index contributed by atoms with van der Waals surface area (Å²) in [6, 6.07) is 16.8. The maximum Gasteiger partial charge on any atom is 0.0846 e. The van der Waals surface area contributed by atoms with Gasteiger partial charge in [0.2, 0.25) is 0 Å². The summed E-state index contributed by atoms with van der Waals surface area (Å²) >= 11 is 10.1. The van der Waals surface area contributed by atoms with Gasteiger partial charge in [-0.15, -0.1) is 11.6 Å². The van der Waals surface area contributed by atoms with Gasteiger partial charge in [-0.3, -0.25) is 0 Å². The fourth-order valence-corrected chi connectivity index (χ4v) is 3.07. The Hall–Kier alpha value is -0.790. The molecule has 19 heavy (non-hydrogen) atoms. The van der Waals surface area contributed by atoms with E-state index in [-0.39, 0.29) is 5.38 Å². The van der Waals surface area contributed by atoms with Crippen molar-refractivity contribution in [1.82, 2.24) is 0 Å². The lowest BCUT2D eigenvalue weighted by molar-refractivity contribution is 0.733. The van der Waals surface area contributed by atoms with Crippen molar-refractivity contribution in [3.8, 4) is 0 Å². The Morgan fingerprint density at radius 3 is 2.16 bits per heavy atom. The van der Waals surface area contributed by atoms with Crippen molar-refractivity contribution >= 4 is 27.5 Å². The van der Waals surface area contributed by atoms with Crippen LogP contribution in [0.4, 0.5) is 0 Å². The summed E-state index contributed by atoms with van der Waals surface area (Å²) in [6.07, 6.45) is 1.16. The molecule has 2 unspecified atom stereocenters. The minimum atomic E-state index is -0.110. The number of benzene rings is 2. The standard InChI is InChI=1S/C17H18BrCl/c1-3-12(2)13-8-10-14(11-9-13)17(19)15-6-4-5-7-16(15)18/h4-12,17H,3H2,1-2H3. The minimum absolute atomic E-state index is 0.110. The van der Waals surface area contributed by atoms with E-state index in [1.54, 1.807) is 0 Å². The molecule has 0 fully saturated rings. The topological polar surface area (TPSA) is 0 Å². The van der Waals surface area contributed by atoms with Crippen molar-refractivity contribution in [2.45, 2.75) is 31.6 Å². The van der Waals surface area contributed by atoms with Crippen molar-refractivity contribution < 1.29 is 0 Å². The molecule has 100 valence electrons. The largest absolute Gasteiger partial charge is 0.113 e. The first-order valence-corrected chi connectivity index (χ1v) is 7.84. The van der Waals surface area contributed by atoms with Crippen LogP contribution in [0.15, 0.2) is 53.0 Å². The predicted molar refractivity (Wildman–Crippen MR) is 87.0 cm³/mol. The van der Waals surface area contributed by atoms with E-state index >= 15 is 0 Å². The third-order valence-electron chi connectivity index (χ3n) is 3.59. The smallest absolute Gasteiger partial charge is 0.0846 e. The van der Waals surface area contributed by atoms with Crippen LogP contribution in [-0.2, 0) is 0 Å². The SMILES string of the molecule is CCC(C)c1ccc(C(Cl)c2ccccc2Br)cc1. The van der Waals surface area contributed by atoms with E-state index in [2.05, 4.69) is 60.1 Å². The Morgan fingerprint density at radius 1 is 1.00 bits per heavy atom. The van der Waals surface area contributed by atoms with Crippen LogP contribution in [0.2, 0.25) is 0 Å². The van der Waals surface area contributed by atoms with Crippen LogP contribution in [-0.4, -0.2) is 0 Å². The molecule has 0 aliphatic carbocycles. The normalized spacial score (nSPS) is 14.1. The van der Waals surface area contributed by atoms with Gasteiger partial charge in [0.25, 0.3) is 0 Å². The lowest BCUT2D eigenvalue weighted by Crippen LogP contribution is -1.96. The number of halogens is 2. The first-order valence-electron chi connectivity index (χ1n) is 6.61. The van der Waals surface area contributed by atoms with E-state index in [0.29, 0.717) is 5.92 Å². The molecular formula is C17H18BrCl. The van der Waals surface area contributed by atoms with Crippen LogP contribution in [0.5, 0.6) is 0 Å². The van der Waals surface area contributed by atoms with Gasteiger partial charge in [-0.25, -0.2) is 0 Å². The molecule has 0 aliphatic rings. The first kappa shape index (κ1) is 14.6. The highest BCUT2D eigenvalue weighted by Gasteiger charge is 2.13. The van der Waals surface area contributed by atoms with Crippen LogP contribution in [0, 0.1) is 0 Å². The van der Waals surface area contributed by atoms with E-state index in [4.69, 9.17) is 11.6 Å². The van der Waals surface area contributed by atoms with Crippen LogP contribution in [0.25, 0.3) is 0 Å². The maximum absolute atomic E-state index is 6.57. The van der Waals surface area contributed by atoms with Crippen molar-refractivity contribution in [2.24, 2.45) is 0 Å². The molecule has 2 atom stereocenters. The molecule has 0 saturated carbocycles. The van der Waals surface area contributed by atoms with Gasteiger partial charge in [0.05, 0.1) is 5.38 Å². The monoisotopic (exact) mass is 336 g/mol. The molecule has 0 nitrogen and oxygen atoms in total. The maximum atomic E-state index is 6.57. The Kier molecular flexibility index (Phi) is 5.06. The van der Waals surface area contributed by atoms with Gasteiger partial charge >= 0.3 is 0 Å². The fraction of sp³-hybridized carbons (Fsp3) is 0.294. The zero-order chi connectivity index (χ0) is 13.8. The lowest BCUT2D eigenvalue weighted by atomic mass is 9.96. The summed E-state index contributed by atoms with van der Waals surface area (Å²) in [6.45, 7) is 4.46. The van der Waals surface area contributed by atoms with Crippen LogP contribution >= 0.6 is 27.5 Å². The molecule has 0 N–H and O–H groups in total. The average molecular weight is 338 g/mol. The second kappa shape index (κ2) is 6.58. The Morgan fingerprint density at radius 2 is 1.58 bits per heavy atom. The quantitative estimate of drug-likeness (QED) is 0.575. The van der Waals surface area contributed by atoms with Gasteiger partial charge < -0.3 is 0 Å². The second-order valence-electron chi connectivity index (χ2n) is 4.86. The van der Waals surface area contributed by atoms with Crippen molar-refractivity contribution in [2.75, 3.05) is 0 Å². The van der Waals surface area contributed by atoms with E-state index in [1.165, 1.54) is 5.56 Å². The summed E-state index contributed by atoms with van der Waals surface area (Å²) in [7, 11) is 0. The fourth-order valence-electron chi connectivity index (χ4n) is 2.09. The van der Waals surface area contributed by atoms with Crippen LogP contribution in [0.3, 0.4) is 0 Å². The molecule has 2 aromatic carbocycles. The molecular weight excluding hydrogens is 320 g/mol. The zero-order valence-corrected chi connectivity index (χ0v) is 13.6. The van der Waals surface area contributed by atoms with Gasteiger partial charge in [0.1, 0.15) is 0 Å². The second-order valence-corrected chi connectivity index (χ2v) is 6.15. The number of hydrogen-bond donors (Lipinski definition) is 0. The Labute approximate surface area is 128 Å². The summed E-state index contributed by atoms with van der Waals surface area (Å²) in [5.41, 5.74) is 3.63. The van der Waals surface area contributed by atoms with Gasteiger partial charge in [-0.1, -0.05) is 72.2 Å². The molecule has 0 amide bonds. The molecule has 0 aliphatic heterocycles. The Balaban J connectivity index is 2.25. The molecule has 0 bridgehead atoms. The van der Waals surface area contributed by atoms with Crippen molar-refractivity contribution in [3.63, 3.8) is 0 Å². The Bertz CT molecular complexity index is 533. The molecule has 0 spiro atoms. The van der Waals surface area contributed by atoms with Gasteiger partial charge in [-0.2, -0.15) is 0 Å². The molecule has 2 heteroatoms. The number of rotatable bonds is 4.